The highest BCUT2D eigenvalue weighted by molar-refractivity contribution is 9.10. The minimum absolute atomic E-state index is 0.478. The first kappa shape index (κ1) is 11.3. The second kappa shape index (κ2) is 4.46. The molecule has 17 heavy (non-hydrogen) atoms. The first-order chi connectivity index (χ1) is 8.25. The molecule has 1 aromatic carbocycles. The number of halogens is 1. The molecule has 2 N–H and O–H groups in total. The minimum atomic E-state index is 0.478. The summed E-state index contributed by atoms with van der Waals surface area (Å²) in [6, 6.07) is 7.04. The molecule has 0 bridgehead atoms. The molecule has 1 aliphatic heterocycles. The summed E-state index contributed by atoms with van der Waals surface area (Å²) in [5, 5.41) is 4.89. The van der Waals surface area contributed by atoms with Gasteiger partial charge in [-0.25, -0.2) is 0 Å². The third-order valence-electron chi connectivity index (χ3n) is 3.58. The Morgan fingerprint density at radius 3 is 2.94 bits per heavy atom. The molecule has 2 heterocycles. The van der Waals surface area contributed by atoms with Gasteiger partial charge in [-0.15, -0.1) is 0 Å². The van der Waals surface area contributed by atoms with E-state index in [4.69, 9.17) is 0 Å². The van der Waals surface area contributed by atoms with Crippen molar-refractivity contribution in [1.29, 1.82) is 0 Å². The van der Waals surface area contributed by atoms with Crippen LogP contribution in [0, 0.1) is 6.92 Å². The van der Waals surface area contributed by atoms with Crippen LogP contribution >= 0.6 is 15.9 Å². The molecule has 1 unspecified atom stereocenters. The maximum Gasteiger partial charge on any atom is 0.0484 e. The summed E-state index contributed by atoms with van der Waals surface area (Å²) in [6.07, 6.45) is 3.84. The summed E-state index contributed by atoms with van der Waals surface area (Å²) >= 11 is 3.75. The van der Waals surface area contributed by atoms with Crippen molar-refractivity contribution in [2.24, 2.45) is 0 Å². The number of hydrogen-bond acceptors (Lipinski definition) is 1. The van der Waals surface area contributed by atoms with E-state index in [0.717, 1.165) is 6.54 Å². The number of H-pyrrole nitrogens is 1. The van der Waals surface area contributed by atoms with Crippen LogP contribution in [0.1, 0.15) is 36.6 Å². The van der Waals surface area contributed by atoms with E-state index in [1.165, 1.54) is 45.9 Å². The van der Waals surface area contributed by atoms with Crippen molar-refractivity contribution in [1.82, 2.24) is 10.3 Å². The van der Waals surface area contributed by atoms with Gasteiger partial charge in [0.05, 0.1) is 0 Å². The molecule has 3 heteroatoms. The smallest absolute Gasteiger partial charge is 0.0484 e. The average Bonchev–Trinajstić information content (AvgIpc) is 2.68. The van der Waals surface area contributed by atoms with Gasteiger partial charge in [0.25, 0.3) is 0 Å². The third kappa shape index (κ3) is 2.02. The van der Waals surface area contributed by atoms with Gasteiger partial charge < -0.3 is 10.3 Å². The molecule has 90 valence electrons. The Morgan fingerprint density at radius 2 is 2.18 bits per heavy atom. The molecule has 2 aromatic rings. The lowest BCUT2D eigenvalue weighted by Crippen LogP contribution is -2.27. The quantitative estimate of drug-likeness (QED) is 0.815. The lowest BCUT2D eigenvalue weighted by atomic mass is 10.0. The minimum Gasteiger partial charge on any atom is -0.356 e. The van der Waals surface area contributed by atoms with Crippen molar-refractivity contribution in [3.63, 3.8) is 0 Å². The highest BCUT2D eigenvalue weighted by atomic mass is 79.9. The van der Waals surface area contributed by atoms with E-state index in [1.807, 2.05) is 0 Å². The van der Waals surface area contributed by atoms with Crippen molar-refractivity contribution in [3.05, 3.63) is 33.9 Å². The Hall–Kier alpha value is -0.800. The van der Waals surface area contributed by atoms with E-state index in [1.54, 1.807) is 0 Å². The molecule has 1 saturated heterocycles. The summed E-state index contributed by atoms with van der Waals surface area (Å²) in [7, 11) is 0. The molecule has 0 aliphatic carbocycles. The second-order valence-electron chi connectivity index (χ2n) is 4.90. The molecule has 0 amide bonds. The number of aromatic nitrogens is 1. The van der Waals surface area contributed by atoms with Gasteiger partial charge in [-0.05, 0) is 54.4 Å². The van der Waals surface area contributed by atoms with Gasteiger partial charge in [-0.2, -0.15) is 0 Å². The van der Waals surface area contributed by atoms with E-state index in [9.17, 15) is 0 Å². The number of rotatable bonds is 1. The van der Waals surface area contributed by atoms with Crippen LogP contribution in [0.15, 0.2) is 22.7 Å². The molecular weight excluding hydrogens is 276 g/mol. The molecule has 0 spiro atoms. The van der Waals surface area contributed by atoms with Crippen LogP contribution < -0.4 is 5.32 Å². The predicted octanol–water partition coefficient (Wildman–Crippen LogP) is 4.05. The van der Waals surface area contributed by atoms with Crippen molar-refractivity contribution >= 4 is 26.8 Å². The fraction of sp³-hybridized carbons (Fsp3) is 0.429. The van der Waals surface area contributed by atoms with E-state index in [2.05, 4.69) is 51.4 Å². The van der Waals surface area contributed by atoms with Gasteiger partial charge in [-0.1, -0.05) is 18.1 Å². The summed E-state index contributed by atoms with van der Waals surface area (Å²) in [4.78, 5) is 3.55. The Kier molecular flexibility index (Phi) is 2.97. The van der Waals surface area contributed by atoms with Crippen LogP contribution in [0.5, 0.6) is 0 Å². The number of benzene rings is 1. The molecule has 1 aromatic heterocycles. The Balaban J connectivity index is 2.07. The number of aromatic amines is 1. The molecule has 2 nitrogen and oxygen atoms in total. The lowest BCUT2D eigenvalue weighted by molar-refractivity contribution is 0.406. The van der Waals surface area contributed by atoms with E-state index < -0.39 is 0 Å². The Morgan fingerprint density at radius 1 is 1.29 bits per heavy atom. The number of nitrogens with one attached hydrogen (secondary N) is 2. The Labute approximate surface area is 110 Å². The number of aryl methyl sites for hydroxylation is 1. The highest BCUT2D eigenvalue weighted by Gasteiger charge is 2.20. The van der Waals surface area contributed by atoms with Gasteiger partial charge in [0.1, 0.15) is 0 Å². The molecule has 0 radical (unpaired) electrons. The number of fused-ring (bicyclic) bond motifs is 1. The molecule has 1 fully saturated rings. The topological polar surface area (TPSA) is 27.8 Å². The fourth-order valence-electron chi connectivity index (χ4n) is 2.63. The summed E-state index contributed by atoms with van der Waals surface area (Å²) in [5.41, 5.74) is 3.84. The molecule has 1 aliphatic rings. The third-order valence-corrected chi connectivity index (χ3v) is 4.43. The van der Waals surface area contributed by atoms with E-state index in [0.29, 0.717) is 6.04 Å². The van der Waals surface area contributed by atoms with Crippen LogP contribution in [-0.2, 0) is 0 Å². The van der Waals surface area contributed by atoms with Crippen molar-refractivity contribution < 1.29 is 0 Å². The van der Waals surface area contributed by atoms with Crippen molar-refractivity contribution in [2.45, 2.75) is 32.2 Å². The van der Waals surface area contributed by atoms with Gasteiger partial charge in [0.15, 0.2) is 0 Å². The van der Waals surface area contributed by atoms with Crippen LogP contribution in [0.4, 0.5) is 0 Å². The molecule has 3 rings (SSSR count). The van der Waals surface area contributed by atoms with Gasteiger partial charge in [0, 0.05) is 27.1 Å². The van der Waals surface area contributed by atoms with E-state index >= 15 is 0 Å². The first-order valence-corrected chi connectivity index (χ1v) is 7.06. The fourth-order valence-corrected chi connectivity index (χ4v) is 3.34. The predicted molar refractivity (Wildman–Crippen MR) is 75.3 cm³/mol. The number of hydrogen-bond donors (Lipinski definition) is 2. The zero-order valence-corrected chi connectivity index (χ0v) is 11.6. The molecule has 0 saturated carbocycles. The SMILES string of the molecule is Cc1ccc2[nH]c(C3CCCCN3)c(Br)c2c1. The summed E-state index contributed by atoms with van der Waals surface area (Å²) in [6.45, 7) is 3.27. The normalized spacial score (nSPS) is 20.9. The van der Waals surface area contributed by atoms with Gasteiger partial charge >= 0.3 is 0 Å². The van der Waals surface area contributed by atoms with Gasteiger partial charge in [-0.3, -0.25) is 0 Å². The molecule has 1 atom stereocenters. The largest absolute Gasteiger partial charge is 0.356 e. The summed E-state index contributed by atoms with van der Waals surface area (Å²) in [5.74, 6) is 0. The lowest BCUT2D eigenvalue weighted by Gasteiger charge is -2.22. The Bertz CT molecular complexity index is 538. The standard InChI is InChI=1S/C14H17BrN2/c1-9-5-6-11-10(8-9)13(15)14(17-11)12-4-2-3-7-16-12/h5-6,8,12,16-17H,2-4,7H2,1H3. The van der Waals surface area contributed by atoms with Crippen molar-refractivity contribution in [2.75, 3.05) is 6.54 Å². The second-order valence-corrected chi connectivity index (χ2v) is 5.70. The zero-order chi connectivity index (χ0) is 11.8. The first-order valence-electron chi connectivity index (χ1n) is 6.27. The molecular formula is C14H17BrN2. The van der Waals surface area contributed by atoms with Gasteiger partial charge in [0.2, 0.25) is 0 Å². The number of piperidine rings is 1. The van der Waals surface area contributed by atoms with Crippen LogP contribution in [0.25, 0.3) is 10.9 Å². The van der Waals surface area contributed by atoms with Crippen LogP contribution in [0.2, 0.25) is 0 Å². The highest BCUT2D eigenvalue weighted by Crippen LogP contribution is 2.34. The average molecular weight is 293 g/mol. The maximum atomic E-state index is 3.75. The van der Waals surface area contributed by atoms with E-state index in [-0.39, 0.29) is 0 Å². The monoisotopic (exact) mass is 292 g/mol. The van der Waals surface area contributed by atoms with Crippen molar-refractivity contribution in [3.8, 4) is 0 Å². The maximum absolute atomic E-state index is 3.75. The summed E-state index contributed by atoms with van der Waals surface area (Å²) < 4.78 is 1.23. The van der Waals surface area contributed by atoms with Crippen LogP contribution in [0.3, 0.4) is 0 Å². The zero-order valence-electron chi connectivity index (χ0n) is 10.0. The van der Waals surface area contributed by atoms with Crippen LogP contribution in [-0.4, -0.2) is 11.5 Å².